The molecule has 0 spiro atoms. The van der Waals surface area contributed by atoms with Gasteiger partial charge in [-0.2, -0.15) is 5.10 Å². The lowest BCUT2D eigenvalue weighted by Crippen LogP contribution is -2.02. The van der Waals surface area contributed by atoms with Crippen molar-refractivity contribution in [3.63, 3.8) is 0 Å². The van der Waals surface area contributed by atoms with E-state index >= 15 is 0 Å². The minimum atomic E-state index is -1.07. The molecule has 0 atom stereocenters. The van der Waals surface area contributed by atoms with Gasteiger partial charge in [-0.3, -0.25) is 0 Å². The smallest absolute Gasteiger partial charge is 0.356 e. The number of carboxylic acid groups (broad SMARTS) is 1. The van der Waals surface area contributed by atoms with Gasteiger partial charge in [-0.1, -0.05) is 0 Å². The Balaban J connectivity index is 2.27. The second-order valence-corrected chi connectivity index (χ2v) is 2.34. The highest BCUT2D eigenvalue weighted by molar-refractivity contribution is 5.85. The van der Waals surface area contributed by atoms with Crippen molar-refractivity contribution in [2.75, 3.05) is 6.79 Å². The molecule has 1 aliphatic heterocycles. The molecule has 0 bridgehead atoms. The van der Waals surface area contributed by atoms with E-state index in [9.17, 15) is 4.79 Å². The summed E-state index contributed by atoms with van der Waals surface area (Å²) < 4.78 is 11.1. The first-order valence-electron chi connectivity index (χ1n) is 3.51. The van der Waals surface area contributed by atoms with Crippen LogP contribution in [0, 0.1) is 0 Å². The van der Waals surface area contributed by atoms with E-state index in [1.807, 2.05) is 0 Å². The summed E-state index contributed by atoms with van der Waals surface area (Å²) in [6, 6.07) is 1.38. The van der Waals surface area contributed by atoms with Crippen LogP contribution in [0.25, 0.3) is 5.88 Å². The molecule has 13 heavy (non-hydrogen) atoms. The Morgan fingerprint density at radius 1 is 1.69 bits per heavy atom. The molecule has 1 aromatic heterocycles. The van der Waals surface area contributed by atoms with Crippen molar-refractivity contribution >= 4 is 11.9 Å². The third kappa shape index (κ3) is 1.33. The number of aromatic nitrogens is 2. The zero-order valence-electron chi connectivity index (χ0n) is 6.51. The summed E-state index contributed by atoms with van der Waals surface area (Å²) in [7, 11) is 0. The normalized spacial score (nSPS) is 14.6. The molecule has 0 saturated carbocycles. The van der Waals surface area contributed by atoms with Crippen molar-refractivity contribution in [3.05, 3.63) is 24.2 Å². The fraction of sp³-hybridized carbons (Fsp3) is 0.143. The molecule has 6 nitrogen and oxygen atoms in total. The summed E-state index contributed by atoms with van der Waals surface area (Å²) in [5, 5.41) is 12.3. The molecule has 1 aromatic rings. The average Bonchev–Trinajstić information content (AvgIpc) is 2.75. The van der Waals surface area contributed by atoms with Crippen LogP contribution in [0.15, 0.2) is 18.5 Å². The Hall–Kier alpha value is -1.98. The fourth-order valence-electron chi connectivity index (χ4n) is 0.915. The molecular weight excluding hydrogens is 176 g/mol. The molecule has 1 N–H and O–H groups in total. The van der Waals surface area contributed by atoms with Gasteiger partial charge in [-0.05, 0) is 6.07 Å². The van der Waals surface area contributed by atoms with Gasteiger partial charge in [-0.25, -0.2) is 9.48 Å². The minimum Gasteiger partial charge on any atom is -0.476 e. The molecule has 0 fully saturated rings. The molecular formula is C7H6N2O4. The monoisotopic (exact) mass is 182 g/mol. The molecule has 0 radical (unpaired) electrons. The van der Waals surface area contributed by atoms with Crippen LogP contribution in [-0.2, 0) is 9.47 Å². The van der Waals surface area contributed by atoms with Crippen molar-refractivity contribution in [3.8, 4) is 0 Å². The van der Waals surface area contributed by atoms with Crippen LogP contribution < -0.4 is 0 Å². The molecule has 6 heteroatoms. The number of hydrogen-bond acceptors (Lipinski definition) is 4. The first kappa shape index (κ1) is 7.66. The summed E-state index contributed by atoms with van der Waals surface area (Å²) in [5.41, 5.74) is -0.0311. The predicted octanol–water partition coefficient (Wildman–Crippen LogP) is 0.341. The van der Waals surface area contributed by atoms with Gasteiger partial charge in [0, 0.05) is 6.20 Å². The SMILES string of the molecule is O=C(O)c1ccn(C2=COCO2)n1. The van der Waals surface area contributed by atoms with Gasteiger partial charge >= 0.3 is 5.97 Å². The maximum absolute atomic E-state index is 10.5. The zero-order chi connectivity index (χ0) is 9.26. The molecule has 0 amide bonds. The number of hydrogen-bond donors (Lipinski definition) is 1. The summed E-state index contributed by atoms with van der Waals surface area (Å²) in [4.78, 5) is 10.5. The molecule has 0 aromatic carbocycles. The van der Waals surface area contributed by atoms with E-state index in [1.165, 1.54) is 23.2 Å². The number of nitrogens with zero attached hydrogens (tertiary/aromatic N) is 2. The van der Waals surface area contributed by atoms with E-state index in [1.54, 1.807) is 0 Å². The highest BCUT2D eigenvalue weighted by atomic mass is 16.7. The number of carbonyl (C=O) groups is 1. The third-order valence-corrected chi connectivity index (χ3v) is 1.49. The molecule has 0 unspecified atom stereocenters. The van der Waals surface area contributed by atoms with Crippen LogP contribution in [0.3, 0.4) is 0 Å². The molecule has 1 aliphatic rings. The van der Waals surface area contributed by atoms with Gasteiger partial charge in [0.25, 0.3) is 5.88 Å². The Kier molecular flexibility index (Phi) is 1.66. The standard InChI is InChI=1S/C7H6N2O4/c10-7(11)5-1-2-9(8-5)6-3-12-4-13-6/h1-3H,4H2,(H,10,11). The lowest BCUT2D eigenvalue weighted by atomic mass is 10.5. The van der Waals surface area contributed by atoms with Gasteiger partial charge in [0.05, 0.1) is 0 Å². The van der Waals surface area contributed by atoms with Crippen molar-refractivity contribution in [2.45, 2.75) is 0 Å². The van der Waals surface area contributed by atoms with E-state index in [-0.39, 0.29) is 12.5 Å². The highest BCUT2D eigenvalue weighted by Gasteiger charge is 2.12. The summed E-state index contributed by atoms with van der Waals surface area (Å²) >= 11 is 0. The molecule has 68 valence electrons. The lowest BCUT2D eigenvalue weighted by Gasteiger charge is -1.98. The zero-order valence-corrected chi connectivity index (χ0v) is 6.51. The fourth-order valence-corrected chi connectivity index (χ4v) is 0.915. The van der Waals surface area contributed by atoms with Gasteiger partial charge < -0.3 is 14.6 Å². The van der Waals surface area contributed by atoms with Gasteiger partial charge in [0.15, 0.2) is 5.69 Å². The maximum Gasteiger partial charge on any atom is 0.356 e. The van der Waals surface area contributed by atoms with E-state index < -0.39 is 5.97 Å². The Labute approximate surface area is 73.0 Å². The quantitative estimate of drug-likeness (QED) is 0.713. The minimum absolute atomic E-state index is 0.0311. The van der Waals surface area contributed by atoms with Crippen LogP contribution >= 0.6 is 0 Å². The van der Waals surface area contributed by atoms with E-state index in [2.05, 4.69) is 5.10 Å². The molecule has 0 aliphatic carbocycles. The van der Waals surface area contributed by atoms with Crippen molar-refractivity contribution in [1.29, 1.82) is 0 Å². The summed E-state index contributed by atoms with van der Waals surface area (Å²) in [6.07, 6.45) is 2.86. The topological polar surface area (TPSA) is 73.6 Å². The Morgan fingerprint density at radius 2 is 2.54 bits per heavy atom. The Morgan fingerprint density at radius 3 is 3.08 bits per heavy atom. The number of carboxylic acids is 1. The van der Waals surface area contributed by atoms with Crippen LogP contribution in [0.5, 0.6) is 0 Å². The lowest BCUT2D eigenvalue weighted by molar-refractivity contribution is 0.0689. The number of aromatic carboxylic acids is 1. The molecule has 0 saturated heterocycles. The highest BCUT2D eigenvalue weighted by Crippen LogP contribution is 2.12. The number of rotatable bonds is 2. The van der Waals surface area contributed by atoms with Crippen molar-refractivity contribution < 1.29 is 19.4 Å². The first-order valence-corrected chi connectivity index (χ1v) is 3.51. The maximum atomic E-state index is 10.5. The van der Waals surface area contributed by atoms with Crippen LogP contribution in [0.4, 0.5) is 0 Å². The van der Waals surface area contributed by atoms with Gasteiger partial charge in [0.1, 0.15) is 6.26 Å². The largest absolute Gasteiger partial charge is 0.476 e. The second kappa shape index (κ2) is 2.81. The number of ether oxygens (including phenoxy) is 2. The predicted molar refractivity (Wildman–Crippen MR) is 40.5 cm³/mol. The summed E-state index contributed by atoms with van der Waals surface area (Å²) in [6.45, 7) is 0.137. The van der Waals surface area contributed by atoms with Crippen molar-refractivity contribution in [1.82, 2.24) is 9.78 Å². The molecule has 2 rings (SSSR count). The van der Waals surface area contributed by atoms with Crippen molar-refractivity contribution in [2.24, 2.45) is 0 Å². The third-order valence-electron chi connectivity index (χ3n) is 1.49. The van der Waals surface area contributed by atoms with Gasteiger partial charge in [-0.15, -0.1) is 0 Å². The van der Waals surface area contributed by atoms with E-state index in [4.69, 9.17) is 14.6 Å². The van der Waals surface area contributed by atoms with E-state index in [0.29, 0.717) is 5.88 Å². The first-order chi connectivity index (χ1) is 6.27. The Bertz CT molecular complexity index is 368. The van der Waals surface area contributed by atoms with Crippen LogP contribution in [0.1, 0.15) is 10.5 Å². The second-order valence-electron chi connectivity index (χ2n) is 2.34. The molecule has 2 heterocycles. The van der Waals surface area contributed by atoms with Crippen LogP contribution in [-0.4, -0.2) is 27.6 Å². The average molecular weight is 182 g/mol. The summed E-state index contributed by atoms with van der Waals surface area (Å²) in [5.74, 6) is -0.689. The van der Waals surface area contributed by atoms with Crippen LogP contribution in [0.2, 0.25) is 0 Å². The van der Waals surface area contributed by atoms with Gasteiger partial charge in [0.2, 0.25) is 6.79 Å². The van der Waals surface area contributed by atoms with E-state index in [0.717, 1.165) is 0 Å².